The highest BCUT2D eigenvalue weighted by molar-refractivity contribution is 5.16. The van der Waals surface area contributed by atoms with E-state index < -0.39 is 0 Å². The summed E-state index contributed by atoms with van der Waals surface area (Å²) in [5.41, 5.74) is 1.90. The van der Waals surface area contributed by atoms with Gasteiger partial charge in [-0.3, -0.25) is 4.98 Å². The number of pyridine rings is 1. The molecule has 0 fully saturated rings. The number of aromatic amines is 1. The zero-order valence-electron chi connectivity index (χ0n) is 7.64. The molecule has 0 saturated carbocycles. The fourth-order valence-electron chi connectivity index (χ4n) is 1.27. The molecule has 0 radical (unpaired) electrons. The van der Waals surface area contributed by atoms with Gasteiger partial charge in [0.1, 0.15) is 5.82 Å². The summed E-state index contributed by atoms with van der Waals surface area (Å²) >= 11 is 0. The highest BCUT2D eigenvalue weighted by Crippen LogP contribution is 2.05. The third-order valence-corrected chi connectivity index (χ3v) is 1.97. The summed E-state index contributed by atoms with van der Waals surface area (Å²) in [5, 5.41) is 8.84. The molecule has 2 heterocycles. The average molecular weight is 189 g/mol. The van der Waals surface area contributed by atoms with Crippen molar-refractivity contribution in [3.05, 3.63) is 47.8 Å². The lowest BCUT2D eigenvalue weighted by Gasteiger charge is -1.96. The van der Waals surface area contributed by atoms with Crippen LogP contribution in [-0.2, 0) is 13.0 Å². The van der Waals surface area contributed by atoms with Crippen molar-refractivity contribution in [2.75, 3.05) is 0 Å². The molecule has 2 N–H and O–H groups in total. The molecule has 0 bridgehead atoms. The van der Waals surface area contributed by atoms with Gasteiger partial charge in [-0.05, 0) is 17.7 Å². The molecular weight excluding hydrogens is 178 g/mol. The van der Waals surface area contributed by atoms with Gasteiger partial charge in [0.25, 0.3) is 0 Å². The van der Waals surface area contributed by atoms with E-state index >= 15 is 0 Å². The molecule has 4 heteroatoms. The quantitative estimate of drug-likeness (QED) is 0.753. The number of nitrogens with one attached hydrogen (secondary N) is 1. The summed E-state index contributed by atoms with van der Waals surface area (Å²) in [7, 11) is 0. The van der Waals surface area contributed by atoms with Crippen LogP contribution >= 0.6 is 0 Å². The molecule has 2 rings (SSSR count). The molecule has 0 spiro atoms. The Morgan fingerprint density at radius 1 is 1.29 bits per heavy atom. The third kappa shape index (κ3) is 1.97. The van der Waals surface area contributed by atoms with Gasteiger partial charge in [0.05, 0.1) is 18.5 Å². The first kappa shape index (κ1) is 8.90. The van der Waals surface area contributed by atoms with Crippen molar-refractivity contribution in [1.82, 2.24) is 15.0 Å². The fraction of sp³-hybridized carbons (Fsp3) is 0.200. The van der Waals surface area contributed by atoms with Crippen LogP contribution in [0.25, 0.3) is 0 Å². The second-order valence-electron chi connectivity index (χ2n) is 3.05. The van der Waals surface area contributed by atoms with Crippen LogP contribution in [0.1, 0.15) is 17.1 Å². The largest absolute Gasteiger partial charge is 0.390 e. The maximum Gasteiger partial charge on any atom is 0.110 e. The smallest absolute Gasteiger partial charge is 0.110 e. The predicted molar refractivity (Wildman–Crippen MR) is 51.6 cm³/mol. The summed E-state index contributed by atoms with van der Waals surface area (Å²) in [4.78, 5) is 11.1. The van der Waals surface area contributed by atoms with Crippen LogP contribution in [0.15, 0.2) is 30.7 Å². The molecule has 4 nitrogen and oxygen atoms in total. The van der Waals surface area contributed by atoms with Crippen LogP contribution in [0.2, 0.25) is 0 Å². The number of H-pyrrole nitrogens is 1. The monoisotopic (exact) mass is 189 g/mol. The molecule has 14 heavy (non-hydrogen) atoms. The van der Waals surface area contributed by atoms with Crippen LogP contribution in [0.3, 0.4) is 0 Å². The summed E-state index contributed by atoms with van der Waals surface area (Å²) in [6.07, 6.45) is 5.90. The molecular formula is C10H11N3O. The van der Waals surface area contributed by atoms with Crippen molar-refractivity contribution in [2.45, 2.75) is 13.0 Å². The predicted octanol–water partition coefficient (Wildman–Crippen LogP) is 0.888. The summed E-state index contributed by atoms with van der Waals surface area (Å²) in [5.74, 6) is 0.861. The van der Waals surface area contributed by atoms with Crippen molar-refractivity contribution in [1.29, 1.82) is 0 Å². The number of imidazole rings is 1. The molecule has 0 aliphatic heterocycles. The number of nitrogens with zero attached hydrogens (tertiary/aromatic N) is 2. The molecule has 2 aromatic heterocycles. The van der Waals surface area contributed by atoms with Crippen LogP contribution < -0.4 is 0 Å². The average Bonchev–Trinajstić information content (AvgIpc) is 2.67. The van der Waals surface area contributed by atoms with E-state index in [1.807, 2.05) is 12.1 Å². The maximum absolute atomic E-state index is 8.84. The van der Waals surface area contributed by atoms with Gasteiger partial charge in [-0.2, -0.15) is 0 Å². The maximum atomic E-state index is 8.84. The normalized spacial score (nSPS) is 10.4. The van der Waals surface area contributed by atoms with Crippen molar-refractivity contribution in [3.63, 3.8) is 0 Å². The van der Waals surface area contributed by atoms with Gasteiger partial charge in [-0.15, -0.1) is 0 Å². The molecule has 0 atom stereocenters. The Bertz CT molecular complexity index is 397. The lowest BCUT2D eigenvalue weighted by Crippen LogP contribution is -1.91. The van der Waals surface area contributed by atoms with E-state index in [1.54, 1.807) is 18.6 Å². The second kappa shape index (κ2) is 4.02. The van der Waals surface area contributed by atoms with Crippen molar-refractivity contribution in [2.24, 2.45) is 0 Å². The molecule has 0 amide bonds. The fourth-order valence-corrected chi connectivity index (χ4v) is 1.27. The van der Waals surface area contributed by atoms with E-state index in [4.69, 9.17) is 5.11 Å². The molecule has 0 saturated heterocycles. The Morgan fingerprint density at radius 2 is 2.07 bits per heavy atom. The first-order valence-electron chi connectivity index (χ1n) is 4.41. The van der Waals surface area contributed by atoms with Crippen LogP contribution in [0, 0.1) is 0 Å². The molecule has 0 aromatic carbocycles. The minimum absolute atomic E-state index is 0.00332. The highest BCUT2D eigenvalue weighted by Gasteiger charge is 2.00. The summed E-state index contributed by atoms with van der Waals surface area (Å²) in [6.45, 7) is 0.00332. The Kier molecular flexibility index (Phi) is 2.55. The van der Waals surface area contributed by atoms with Crippen LogP contribution in [0.5, 0.6) is 0 Å². The zero-order chi connectivity index (χ0) is 9.80. The highest BCUT2D eigenvalue weighted by atomic mass is 16.3. The molecule has 72 valence electrons. The van der Waals surface area contributed by atoms with Gasteiger partial charge in [0.15, 0.2) is 0 Å². The Balaban J connectivity index is 2.11. The molecule has 0 aliphatic carbocycles. The van der Waals surface area contributed by atoms with E-state index in [2.05, 4.69) is 15.0 Å². The van der Waals surface area contributed by atoms with Crippen molar-refractivity contribution < 1.29 is 5.11 Å². The van der Waals surface area contributed by atoms with E-state index in [0.717, 1.165) is 23.5 Å². The van der Waals surface area contributed by atoms with Crippen molar-refractivity contribution in [3.8, 4) is 0 Å². The Morgan fingerprint density at radius 3 is 2.71 bits per heavy atom. The van der Waals surface area contributed by atoms with E-state index in [1.165, 1.54) is 0 Å². The van der Waals surface area contributed by atoms with Crippen molar-refractivity contribution >= 4 is 0 Å². The van der Waals surface area contributed by atoms with Gasteiger partial charge in [-0.25, -0.2) is 4.98 Å². The lowest BCUT2D eigenvalue weighted by atomic mass is 10.2. The van der Waals surface area contributed by atoms with E-state index in [-0.39, 0.29) is 6.61 Å². The van der Waals surface area contributed by atoms with Gasteiger partial charge >= 0.3 is 0 Å². The topological polar surface area (TPSA) is 61.8 Å². The molecule has 0 aliphatic rings. The lowest BCUT2D eigenvalue weighted by molar-refractivity contribution is 0.277. The minimum atomic E-state index is 0.00332. The van der Waals surface area contributed by atoms with Gasteiger partial charge < -0.3 is 10.1 Å². The Labute approximate surface area is 81.7 Å². The number of aromatic nitrogens is 3. The summed E-state index contributed by atoms with van der Waals surface area (Å²) in [6, 6.07) is 3.89. The van der Waals surface area contributed by atoms with E-state index in [0.29, 0.717) is 0 Å². The SMILES string of the molecule is OCc1cnc(Cc2ccncc2)[nH]1. The number of aliphatic hydroxyl groups is 1. The van der Waals surface area contributed by atoms with Gasteiger partial charge in [0.2, 0.25) is 0 Å². The zero-order valence-corrected chi connectivity index (χ0v) is 7.64. The second-order valence-corrected chi connectivity index (χ2v) is 3.05. The number of aliphatic hydroxyl groups excluding tert-OH is 1. The third-order valence-electron chi connectivity index (χ3n) is 1.97. The van der Waals surface area contributed by atoms with Crippen LogP contribution in [0.4, 0.5) is 0 Å². The van der Waals surface area contributed by atoms with Crippen LogP contribution in [-0.4, -0.2) is 20.1 Å². The van der Waals surface area contributed by atoms with Gasteiger partial charge in [-0.1, -0.05) is 0 Å². The number of rotatable bonds is 3. The molecule has 2 aromatic rings. The van der Waals surface area contributed by atoms with E-state index in [9.17, 15) is 0 Å². The number of hydrogen-bond acceptors (Lipinski definition) is 3. The van der Waals surface area contributed by atoms with Gasteiger partial charge in [0, 0.05) is 18.8 Å². The first-order valence-corrected chi connectivity index (χ1v) is 4.41. The summed E-state index contributed by atoms with van der Waals surface area (Å²) < 4.78 is 0. The Hall–Kier alpha value is -1.68. The first-order chi connectivity index (χ1) is 6.88. The standard InChI is InChI=1S/C10H11N3O/c14-7-9-6-12-10(13-9)5-8-1-3-11-4-2-8/h1-4,6,14H,5,7H2,(H,12,13). The number of hydrogen-bond donors (Lipinski definition) is 2. The molecule has 0 unspecified atom stereocenters. The minimum Gasteiger partial charge on any atom is -0.390 e.